The van der Waals surface area contributed by atoms with Crippen molar-refractivity contribution in [1.29, 1.82) is 5.26 Å². The lowest BCUT2D eigenvalue weighted by Gasteiger charge is -2.18. The van der Waals surface area contributed by atoms with Gasteiger partial charge in [-0.3, -0.25) is 10.00 Å². The van der Waals surface area contributed by atoms with Gasteiger partial charge in [0.1, 0.15) is 16.2 Å². The van der Waals surface area contributed by atoms with Crippen molar-refractivity contribution in [2.45, 2.75) is 13.0 Å². The molecule has 0 aliphatic carbocycles. The number of hydrogen-bond donors (Lipinski definition) is 2. The number of nitrogens with one attached hydrogen (secondary N) is 2. The number of thiazole rings is 1. The molecule has 0 bridgehead atoms. The highest BCUT2D eigenvalue weighted by Gasteiger charge is 2.12. The predicted molar refractivity (Wildman–Crippen MR) is 121 cm³/mol. The molecule has 9 nitrogen and oxygen atoms in total. The largest absolute Gasteiger partial charge is 0.338 e. The highest BCUT2D eigenvalue weighted by atomic mass is 32.1. The standard InChI is InChI=1S/C21H20N8OS/c1-28(16-6-4-15(14-22)5-7-16)18-9-8-17-19(26-18)31-21(25-17)27-20(30)23-10-2-12-29-13-3-11-24-29/h3-9,11,13H,2,10,12H2,1H3,(H2,23,25,27,30). The van der Waals surface area contributed by atoms with Crippen molar-refractivity contribution in [2.75, 3.05) is 23.8 Å². The monoisotopic (exact) mass is 432 g/mol. The second-order valence-corrected chi connectivity index (χ2v) is 7.71. The van der Waals surface area contributed by atoms with E-state index in [-0.39, 0.29) is 6.03 Å². The normalized spacial score (nSPS) is 10.6. The van der Waals surface area contributed by atoms with E-state index in [4.69, 9.17) is 5.26 Å². The minimum Gasteiger partial charge on any atom is -0.338 e. The first-order valence-corrected chi connectivity index (χ1v) is 10.5. The first-order chi connectivity index (χ1) is 15.1. The van der Waals surface area contributed by atoms with Crippen LogP contribution in [0.3, 0.4) is 0 Å². The fraction of sp³-hybridized carbons (Fsp3) is 0.190. The second-order valence-electron chi connectivity index (χ2n) is 6.73. The maximum atomic E-state index is 12.1. The first kappa shape index (κ1) is 20.3. The van der Waals surface area contributed by atoms with Crippen LogP contribution in [0.25, 0.3) is 10.3 Å². The van der Waals surface area contributed by atoms with Crippen molar-refractivity contribution in [3.63, 3.8) is 0 Å². The molecule has 4 aromatic rings. The highest BCUT2D eigenvalue weighted by Crippen LogP contribution is 2.29. The summed E-state index contributed by atoms with van der Waals surface area (Å²) in [4.78, 5) is 23.9. The van der Waals surface area contributed by atoms with Gasteiger partial charge in [-0.05, 0) is 48.9 Å². The number of rotatable bonds is 7. The molecule has 0 saturated carbocycles. The lowest BCUT2D eigenvalue weighted by molar-refractivity contribution is 0.251. The molecular formula is C21H20N8OS. The van der Waals surface area contributed by atoms with Crippen LogP contribution in [0.2, 0.25) is 0 Å². The Morgan fingerprint density at radius 2 is 2.06 bits per heavy atom. The van der Waals surface area contributed by atoms with Gasteiger partial charge in [0.2, 0.25) is 0 Å². The summed E-state index contributed by atoms with van der Waals surface area (Å²) in [6, 6.07) is 14.7. The number of aromatic nitrogens is 4. The summed E-state index contributed by atoms with van der Waals surface area (Å²) in [5, 5.41) is 19.2. The lowest BCUT2D eigenvalue weighted by Crippen LogP contribution is -2.30. The van der Waals surface area contributed by atoms with Crippen LogP contribution in [0.4, 0.5) is 21.4 Å². The Kier molecular flexibility index (Phi) is 6.05. The molecule has 3 heterocycles. The predicted octanol–water partition coefficient (Wildman–Crippen LogP) is 3.74. The number of urea groups is 1. The molecule has 10 heteroatoms. The van der Waals surface area contributed by atoms with Gasteiger partial charge in [-0.15, -0.1) is 0 Å². The molecule has 0 aliphatic heterocycles. The number of pyridine rings is 1. The molecule has 156 valence electrons. The fourth-order valence-corrected chi connectivity index (χ4v) is 3.78. The summed E-state index contributed by atoms with van der Waals surface area (Å²) in [5.41, 5.74) is 2.25. The third-order valence-electron chi connectivity index (χ3n) is 4.60. The van der Waals surface area contributed by atoms with E-state index in [0.717, 1.165) is 34.8 Å². The molecule has 1 aromatic carbocycles. The maximum Gasteiger partial charge on any atom is 0.321 e. The quantitative estimate of drug-likeness (QED) is 0.430. The molecule has 0 saturated heterocycles. The van der Waals surface area contributed by atoms with E-state index in [1.807, 2.05) is 53.2 Å². The summed E-state index contributed by atoms with van der Waals surface area (Å²) < 4.78 is 1.82. The van der Waals surface area contributed by atoms with E-state index in [0.29, 0.717) is 17.2 Å². The number of nitriles is 1. The number of aryl methyl sites for hydroxylation is 1. The van der Waals surface area contributed by atoms with Crippen molar-refractivity contribution in [1.82, 2.24) is 25.1 Å². The summed E-state index contributed by atoms with van der Waals surface area (Å²) in [6.07, 6.45) is 4.40. The first-order valence-electron chi connectivity index (χ1n) is 9.66. The van der Waals surface area contributed by atoms with E-state index >= 15 is 0 Å². The zero-order chi connectivity index (χ0) is 21.6. The number of carbonyl (C=O) groups excluding carboxylic acids is 1. The Morgan fingerprint density at radius 3 is 2.81 bits per heavy atom. The van der Waals surface area contributed by atoms with Crippen LogP contribution in [0, 0.1) is 11.3 Å². The number of benzene rings is 1. The SMILES string of the molecule is CN(c1ccc(C#N)cc1)c1ccc2nc(NC(=O)NCCCn3cccn3)sc2n1. The number of carbonyl (C=O) groups is 1. The molecule has 0 unspecified atom stereocenters. The zero-order valence-corrected chi connectivity index (χ0v) is 17.6. The van der Waals surface area contributed by atoms with Crippen LogP contribution in [0.15, 0.2) is 54.9 Å². The van der Waals surface area contributed by atoms with E-state index in [2.05, 4.69) is 31.8 Å². The average Bonchev–Trinajstić information content (AvgIpc) is 3.45. The van der Waals surface area contributed by atoms with Gasteiger partial charge in [0, 0.05) is 38.2 Å². The van der Waals surface area contributed by atoms with E-state index < -0.39 is 0 Å². The van der Waals surface area contributed by atoms with Gasteiger partial charge in [-0.2, -0.15) is 10.4 Å². The second kappa shape index (κ2) is 9.23. The van der Waals surface area contributed by atoms with Gasteiger partial charge in [0.15, 0.2) is 5.13 Å². The summed E-state index contributed by atoms with van der Waals surface area (Å²) in [5.74, 6) is 0.746. The van der Waals surface area contributed by atoms with Crippen molar-refractivity contribution < 1.29 is 4.79 Å². The number of hydrogen-bond acceptors (Lipinski definition) is 7. The maximum absolute atomic E-state index is 12.1. The fourth-order valence-electron chi connectivity index (χ4n) is 2.96. The Labute approximate surface area is 183 Å². The Bertz CT molecular complexity index is 1210. The van der Waals surface area contributed by atoms with E-state index in [9.17, 15) is 4.79 Å². The minimum atomic E-state index is -0.297. The van der Waals surface area contributed by atoms with Gasteiger partial charge < -0.3 is 10.2 Å². The number of anilines is 3. The highest BCUT2D eigenvalue weighted by molar-refractivity contribution is 7.22. The van der Waals surface area contributed by atoms with Crippen molar-refractivity contribution in [3.05, 3.63) is 60.4 Å². The summed E-state index contributed by atoms with van der Waals surface area (Å²) in [7, 11) is 1.91. The molecule has 0 spiro atoms. The third-order valence-corrected chi connectivity index (χ3v) is 5.48. The number of nitrogens with zero attached hydrogens (tertiary/aromatic N) is 6. The van der Waals surface area contributed by atoms with E-state index in [1.165, 1.54) is 11.3 Å². The molecule has 3 aromatic heterocycles. The van der Waals surface area contributed by atoms with Gasteiger partial charge in [0.25, 0.3) is 0 Å². The van der Waals surface area contributed by atoms with Gasteiger partial charge in [-0.1, -0.05) is 11.3 Å². The Balaban J connectivity index is 1.36. The number of fused-ring (bicyclic) bond motifs is 1. The molecule has 2 N–H and O–H groups in total. The topological polar surface area (TPSA) is 112 Å². The van der Waals surface area contributed by atoms with Crippen LogP contribution in [-0.2, 0) is 6.54 Å². The molecular weight excluding hydrogens is 412 g/mol. The van der Waals surface area contributed by atoms with Crippen molar-refractivity contribution in [3.8, 4) is 6.07 Å². The van der Waals surface area contributed by atoms with Crippen LogP contribution in [0.1, 0.15) is 12.0 Å². The van der Waals surface area contributed by atoms with Crippen molar-refractivity contribution >= 4 is 44.4 Å². The summed E-state index contributed by atoms with van der Waals surface area (Å²) in [6.45, 7) is 1.28. The lowest BCUT2D eigenvalue weighted by atomic mass is 10.2. The molecule has 0 aliphatic rings. The Morgan fingerprint density at radius 1 is 1.23 bits per heavy atom. The molecule has 4 rings (SSSR count). The third kappa shape index (κ3) is 4.96. The molecule has 0 atom stereocenters. The van der Waals surface area contributed by atoms with Gasteiger partial charge >= 0.3 is 6.03 Å². The smallest absolute Gasteiger partial charge is 0.321 e. The van der Waals surface area contributed by atoms with Crippen molar-refractivity contribution in [2.24, 2.45) is 0 Å². The molecule has 0 radical (unpaired) electrons. The minimum absolute atomic E-state index is 0.297. The average molecular weight is 433 g/mol. The van der Waals surface area contributed by atoms with Gasteiger partial charge in [0.05, 0.1) is 11.6 Å². The number of amides is 2. The van der Waals surface area contributed by atoms with Crippen LogP contribution < -0.4 is 15.5 Å². The summed E-state index contributed by atoms with van der Waals surface area (Å²) >= 11 is 1.32. The van der Waals surface area contributed by atoms with E-state index in [1.54, 1.807) is 18.3 Å². The molecule has 2 amide bonds. The van der Waals surface area contributed by atoms with Crippen LogP contribution >= 0.6 is 11.3 Å². The van der Waals surface area contributed by atoms with Gasteiger partial charge in [-0.25, -0.2) is 14.8 Å². The molecule has 31 heavy (non-hydrogen) atoms. The van der Waals surface area contributed by atoms with Crippen LogP contribution in [-0.4, -0.2) is 39.4 Å². The zero-order valence-electron chi connectivity index (χ0n) is 16.8. The molecule has 0 fully saturated rings. The Hall–Kier alpha value is -3.97. The van der Waals surface area contributed by atoms with Crippen LogP contribution in [0.5, 0.6) is 0 Å².